The van der Waals surface area contributed by atoms with E-state index >= 15 is 0 Å². The van der Waals surface area contributed by atoms with Gasteiger partial charge in [-0.25, -0.2) is 0 Å². The average Bonchev–Trinajstić information content (AvgIpc) is 2.63. The standard InChI is InChI=1S/C21H25ClN2S/c1-16(2)15-20(24-13-11-23-12-14-24)19-5-3-4-6-21(19)25-18-9-7-17(22)8-10-18/h3-10,20,23H,1,11-15H2,2H3/t20-/m1/s1. The normalized spacial score (nSPS) is 16.6. The van der Waals surface area contributed by atoms with Crippen LogP contribution in [0, 0.1) is 0 Å². The van der Waals surface area contributed by atoms with Crippen LogP contribution in [0.2, 0.25) is 5.02 Å². The molecule has 0 unspecified atom stereocenters. The Morgan fingerprint density at radius 1 is 1.16 bits per heavy atom. The summed E-state index contributed by atoms with van der Waals surface area (Å²) in [6.45, 7) is 10.6. The van der Waals surface area contributed by atoms with Gasteiger partial charge in [0, 0.05) is 47.0 Å². The first-order valence-electron chi connectivity index (χ1n) is 8.75. The molecule has 2 aromatic carbocycles. The first-order chi connectivity index (χ1) is 12.1. The third kappa shape index (κ3) is 5.11. The van der Waals surface area contributed by atoms with E-state index in [0.29, 0.717) is 6.04 Å². The zero-order chi connectivity index (χ0) is 17.6. The number of piperazine rings is 1. The Bertz CT molecular complexity index is 708. The zero-order valence-electron chi connectivity index (χ0n) is 14.7. The second-order valence-corrected chi connectivity index (χ2v) is 8.11. The lowest BCUT2D eigenvalue weighted by molar-refractivity contribution is 0.170. The van der Waals surface area contributed by atoms with Crippen LogP contribution < -0.4 is 5.32 Å². The van der Waals surface area contributed by atoms with Crippen molar-refractivity contribution in [3.05, 3.63) is 71.3 Å². The molecule has 1 heterocycles. The number of rotatable bonds is 6. The highest BCUT2D eigenvalue weighted by atomic mass is 35.5. The molecule has 2 nitrogen and oxygen atoms in total. The van der Waals surface area contributed by atoms with Gasteiger partial charge in [-0.1, -0.05) is 47.1 Å². The molecule has 1 aliphatic rings. The summed E-state index contributed by atoms with van der Waals surface area (Å²) in [6.07, 6.45) is 0.998. The lowest BCUT2D eigenvalue weighted by Crippen LogP contribution is -2.45. The number of halogens is 1. The van der Waals surface area contributed by atoms with Crippen LogP contribution in [0.25, 0.3) is 0 Å². The summed E-state index contributed by atoms with van der Waals surface area (Å²) in [5.41, 5.74) is 2.63. The molecule has 0 aromatic heterocycles. The third-order valence-corrected chi connectivity index (χ3v) is 5.81. The largest absolute Gasteiger partial charge is 0.314 e. The van der Waals surface area contributed by atoms with Crippen molar-refractivity contribution in [2.45, 2.75) is 29.2 Å². The molecule has 4 heteroatoms. The van der Waals surface area contributed by atoms with Gasteiger partial charge in [0.25, 0.3) is 0 Å². The molecular formula is C21H25ClN2S. The highest BCUT2D eigenvalue weighted by Crippen LogP contribution is 2.38. The topological polar surface area (TPSA) is 15.3 Å². The van der Waals surface area contributed by atoms with Crippen LogP contribution in [0.15, 0.2) is 70.5 Å². The Hall–Kier alpha value is -1.26. The molecule has 1 fully saturated rings. The second-order valence-electron chi connectivity index (χ2n) is 6.56. The Kier molecular flexibility index (Phi) is 6.60. The minimum absolute atomic E-state index is 0.385. The van der Waals surface area contributed by atoms with Crippen molar-refractivity contribution in [3.8, 4) is 0 Å². The highest BCUT2D eigenvalue weighted by Gasteiger charge is 2.24. The Morgan fingerprint density at radius 3 is 2.52 bits per heavy atom. The number of nitrogens with one attached hydrogen (secondary N) is 1. The first kappa shape index (κ1) is 18.5. The van der Waals surface area contributed by atoms with Crippen LogP contribution in [0.3, 0.4) is 0 Å². The van der Waals surface area contributed by atoms with E-state index in [1.54, 1.807) is 0 Å². The molecule has 132 valence electrons. The van der Waals surface area contributed by atoms with Gasteiger partial charge in [0.1, 0.15) is 0 Å². The van der Waals surface area contributed by atoms with Crippen molar-refractivity contribution in [2.75, 3.05) is 26.2 Å². The second kappa shape index (κ2) is 8.91. The van der Waals surface area contributed by atoms with Crippen molar-refractivity contribution in [1.29, 1.82) is 0 Å². The molecule has 0 saturated carbocycles. The van der Waals surface area contributed by atoms with Gasteiger partial charge in [0.05, 0.1) is 0 Å². The van der Waals surface area contributed by atoms with Gasteiger partial charge in [-0.15, -0.1) is 6.58 Å². The Labute approximate surface area is 160 Å². The van der Waals surface area contributed by atoms with Gasteiger partial charge in [-0.2, -0.15) is 0 Å². The minimum atomic E-state index is 0.385. The zero-order valence-corrected chi connectivity index (χ0v) is 16.2. The van der Waals surface area contributed by atoms with Gasteiger partial charge >= 0.3 is 0 Å². The van der Waals surface area contributed by atoms with Crippen molar-refractivity contribution >= 4 is 23.4 Å². The fourth-order valence-corrected chi connectivity index (χ4v) is 4.36. The minimum Gasteiger partial charge on any atom is -0.314 e. The maximum Gasteiger partial charge on any atom is 0.0406 e. The molecule has 1 N–H and O–H groups in total. The SMILES string of the molecule is C=C(C)C[C@H](c1ccccc1Sc1ccc(Cl)cc1)N1CCNCC1. The summed E-state index contributed by atoms with van der Waals surface area (Å²) in [5, 5.41) is 4.23. The third-order valence-electron chi connectivity index (χ3n) is 4.45. The quantitative estimate of drug-likeness (QED) is 0.683. The molecule has 1 aliphatic heterocycles. The maximum absolute atomic E-state index is 6.02. The molecule has 0 spiro atoms. The van der Waals surface area contributed by atoms with Gasteiger partial charge in [0.2, 0.25) is 0 Å². The molecule has 1 saturated heterocycles. The molecule has 0 radical (unpaired) electrons. The van der Waals surface area contributed by atoms with Crippen LogP contribution in [-0.4, -0.2) is 31.1 Å². The van der Waals surface area contributed by atoms with Crippen molar-refractivity contribution in [2.24, 2.45) is 0 Å². The molecule has 2 aromatic rings. The smallest absolute Gasteiger partial charge is 0.0406 e. The van der Waals surface area contributed by atoms with Crippen molar-refractivity contribution in [1.82, 2.24) is 10.2 Å². The molecule has 0 bridgehead atoms. The summed E-state index contributed by atoms with van der Waals surface area (Å²) in [7, 11) is 0. The van der Waals surface area contributed by atoms with E-state index in [9.17, 15) is 0 Å². The van der Waals surface area contributed by atoms with Gasteiger partial charge in [-0.05, 0) is 49.2 Å². The summed E-state index contributed by atoms with van der Waals surface area (Å²) in [6, 6.07) is 17.2. The number of hydrogen-bond donors (Lipinski definition) is 1. The van der Waals surface area contributed by atoms with Crippen molar-refractivity contribution < 1.29 is 0 Å². The summed E-state index contributed by atoms with van der Waals surface area (Å²) in [4.78, 5) is 5.12. The Balaban J connectivity index is 1.89. The van der Waals surface area contributed by atoms with E-state index in [0.717, 1.165) is 37.6 Å². The predicted octanol–water partition coefficient (Wildman–Crippen LogP) is 5.40. The number of benzene rings is 2. The molecule has 1 atom stereocenters. The van der Waals surface area contributed by atoms with E-state index in [2.05, 4.69) is 60.1 Å². The molecule has 0 amide bonds. The van der Waals surface area contributed by atoms with Crippen LogP contribution in [0.4, 0.5) is 0 Å². The van der Waals surface area contributed by atoms with Crippen LogP contribution in [-0.2, 0) is 0 Å². The monoisotopic (exact) mass is 372 g/mol. The summed E-state index contributed by atoms with van der Waals surface area (Å²) >= 11 is 7.84. The Morgan fingerprint density at radius 2 is 1.84 bits per heavy atom. The average molecular weight is 373 g/mol. The van der Waals surface area contributed by atoms with E-state index in [1.165, 1.54) is 20.9 Å². The molecule has 25 heavy (non-hydrogen) atoms. The van der Waals surface area contributed by atoms with Gasteiger partial charge in [0.15, 0.2) is 0 Å². The maximum atomic E-state index is 6.02. The first-order valence-corrected chi connectivity index (χ1v) is 9.94. The predicted molar refractivity (Wildman–Crippen MR) is 109 cm³/mol. The fraction of sp³-hybridized carbons (Fsp3) is 0.333. The number of nitrogens with zero attached hydrogens (tertiary/aromatic N) is 1. The van der Waals surface area contributed by atoms with Crippen molar-refractivity contribution in [3.63, 3.8) is 0 Å². The molecular weight excluding hydrogens is 348 g/mol. The van der Waals surface area contributed by atoms with E-state index in [-0.39, 0.29) is 0 Å². The van der Waals surface area contributed by atoms with Crippen LogP contribution in [0.1, 0.15) is 24.9 Å². The molecule has 0 aliphatic carbocycles. The lowest BCUT2D eigenvalue weighted by Gasteiger charge is -2.36. The summed E-state index contributed by atoms with van der Waals surface area (Å²) in [5.74, 6) is 0. The van der Waals surface area contributed by atoms with E-state index < -0.39 is 0 Å². The van der Waals surface area contributed by atoms with E-state index in [1.807, 2.05) is 23.9 Å². The van der Waals surface area contributed by atoms with Gasteiger partial charge in [-0.3, -0.25) is 4.90 Å². The van der Waals surface area contributed by atoms with Crippen LogP contribution >= 0.6 is 23.4 Å². The molecule has 3 rings (SSSR count). The van der Waals surface area contributed by atoms with Crippen LogP contribution in [0.5, 0.6) is 0 Å². The van der Waals surface area contributed by atoms with Gasteiger partial charge < -0.3 is 5.32 Å². The lowest BCUT2D eigenvalue weighted by atomic mass is 9.98. The van der Waals surface area contributed by atoms with E-state index in [4.69, 9.17) is 11.6 Å². The summed E-state index contributed by atoms with van der Waals surface area (Å²) < 4.78 is 0. The highest BCUT2D eigenvalue weighted by molar-refractivity contribution is 7.99. The number of hydrogen-bond acceptors (Lipinski definition) is 3. The fourth-order valence-electron chi connectivity index (χ4n) is 3.24.